The van der Waals surface area contributed by atoms with Crippen molar-refractivity contribution in [3.8, 4) is 0 Å². The standard InChI is InChI=1S/C11H19F2NO2/c1-2-16-10(15)9(14)7-8-3-5-11(12,13)6-4-8/h8-9H,2-7,14H2,1H3. The molecule has 5 heteroatoms. The van der Waals surface area contributed by atoms with Gasteiger partial charge in [0.2, 0.25) is 5.92 Å². The quantitative estimate of drug-likeness (QED) is 0.759. The topological polar surface area (TPSA) is 52.3 Å². The van der Waals surface area contributed by atoms with Crippen LogP contribution in [-0.2, 0) is 9.53 Å². The first kappa shape index (κ1) is 13.4. The van der Waals surface area contributed by atoms with E-state index >= 15 is 0 Å². The van der Waals surface area contributed by atoms with E-state index in [0.717, 1.165) is 0 Å². The summed E-state index contributed by atoms with van der Waals surface area (Å²) in [5.74, 6) is -2.83. The highest BCUT2D eigenvalue weighted by molar-refractivity contribution is 5.75. The molecule has 3 nitrogen and oxygen atoms in total. The molecule has 0 radical (unpaired) electrons. The fourth-order valence-corrected chi connectivity index (χ4v) is 2.04. The van der Waals surface area contributed by atoms with Crippen LogP contribution in [0.25, 0.3) is 0 Å². The molecule has 1 aliphatic carbocycles. The van der Waals surface area contributed by atoms with Crippen LogP contribution in [0.4, 0.5) is 8.78 Å². The van der Waals surface area contributed by atoms with Gasteiger partial charge in [0.25, 0.3) is 0 Å². The minimum atomic E-state index is -2.52. The summed E-state index contributed by atoms with van der Waals surface area (Å²) in [5.41, 5.74) is 5.64. The van der Waals surface area contributed by atoms with Gasteiger partial charge in [-0.15, -0.1) is 0 Å². The van der Waals surface area contributed by atoms with Crippen LogP contribution >= 0.6 is 0 Å². The predicted octanol–water partition coefficient (Wildman–Crippen LogP) is 2.09. The van der Waals surface area contributed by atoms with E-state index in [2.05, 4.69) is 0 Å². The Balaban J connectivity index is 2.30. The lowest BCUT2D eigenvalue weighted by atomic mass is 9.83. The lowest BCUT2D eigenvalue weighted by Gasteiger charge is -2.29. The molecule has 2 N–H and O–H groups in total. The second-order valence-corrected chi connectivity index (χ2v) is 4.39. The largest absolute Gasteiger partial charge is 0.465 e. The Hall–Kier alpha value is -0.710. The van der Waals surface area contributed by atoms with Gasteiger partial charge in [-0.3, -0.25) is 4.79 Å². The Morgan fingerprint density at radius 1 is 1.50 bits per heavy atom. The van der Waals surface area contributed by atoms with Crippen molar-refractivity contribution >= 4 is 5.97 Å². The number of alkyl halides is 2. The number of hydrogen-bond acceptors (Lipinski definition) is 3. The van der Waals surface area contributed by atoms with E-state index in [4.69, 9.17) is 10.5 Å². The van der Waals surface area contributed by atoms with E-state index in [-0.39, 0.29) is 18.8 Å². The summed E-state index contributed by atoms with van der Waals surface area (Å²) in [6, 6.07) is -0.670. The van der Waals surface area contributed by atoms with E-state index in [0.29, 0.717) is 25.9 Å². The molecule has 16 heavy (non-hydrogen) atoms. The van der Waals surface area contributed by atoms with Gasteiger partial charge in [0.15, 0.2) is 0 Å². The van der Waals surface area contributed by atoms with Crippen molar-refractivity contribution in [2.45, 2.75) is 51.0 Å². The number of hydrogen-bond donors (Lipinski definition) is 1. The summed E-state index contributed by atoms with van der Waals surface area (Å²) in [4.78, 5) is 11.2. The van der Waals surface area contributed by atoms with Gasteiger partial charge in [-0.25, -0.2) is 8.78 Å². The van der Waals surface area contributed by atoms with E-state index in [1.807, 2.05) is 0 Å². The Labute approximate surface area is 94.3 Å². The molecule has 1 aliphatic rings. The number of nitrogens with two attached hydrogens (primary N) is 1. The number of esters is 1. The van der Waals surface area contributed by atoms with E-state index in [1.165, 1.54) is 0 Å². The second kappa shape index (κ2) is 5.57. The fourth-order valence-electron chi connectivity index (χ4n) is 2.04. The van der Waals surface area contributed by atoms with Gasteiger partial charge in [-0.2, -0.15) is 0 Å². The molecule has 1 atom stereocenters. The van der Waals surface area contributed by atoms with Crippen LogP contribution in [0.15, 0.2) is 0 Å². The van der Waals surface area contributed by atoms with Crippen LogP contribution in [0, 0.1) is 5.92 Å². The number of carbonyl (C=O) groups excluding carboxylic acids is 1. The third-order valence-electron chi connectivity index (χ3n) is 3.01. The molecular formula is C11H19F2NO2. The van der Waals surface area contributed by atoms with Crippen molar-refractivity contribution in [1.82, 2.24) is 0 Å². The van der Waals surface area contributed by atoms with Crippen molar-refractivity contribution in [2.75, 3.05) is 6.61 Å². The Morgan fingerprint density at radius 2 is 2.06 bits per heavy atom. The minimum absolute atomic E-state index is 0.0901. The molecule has 0 aromatic heterocycles. The van der Waals surface area contributed by atoms with Gasteiger partial charge in [0.1, 0.15) is 6.04 Å². The summed E-state index contributed by atoms with van der Waals surface area (Å²) >= 11 is 0. The molecule has 1 unspecified atom stereocenters. The summed E-state index contributed by atoms with van der Waals surface area (Å²) < 4.78 is 30.5. The minimum Gasteiger partial charge on any atom is -0.465 e. The maximum absolute atomic E-state index is 12.9. The molecule has 0 heterocycles. The highest BCUT2D eigenvalue weighted by Gasteiger charge is 2.35. The van der Waals surface area contributed by atoms with Crippen LogP contribution in [0.5, 0.6) is 0 Å². The number of ether oxygens (including phenoxy) is 1. The van der Waals surface area contributed by atoms with Crippen LogP contribution in [0.1, 0.15) is 39.0 Å². The summed E-state index contributed by atoms with van der Waals surface area (Å²) in [6.45, 7) is 2.01. The lowest BCUT2D eigenvalue weighted by molar-refractivity contribution is -0.145. The van der Waals surface area contributed by atoms with Gasteiger partial charge in [-0.1, -0.05) is 0 Å². The molecule has 0 aromatic rings. The molecule has 0 bridgehead atoms. The molecule has 0 saturated heterocycles. The SMILES string of the molecule is CCOC(=O)C(N)CC1CCC(F)(F)CC1. The first-order valence-corrected chi connectivity index (χ1v) is 5.74. The second-order valence-electron chi connectivity index (χ2n) is 4.39. The number of rotatable bonds is 4. The molecule has 1 saturated carbocycles. The molecule has 0 spiro atoms. The molecule has 94 valence electrons. The number of carbonyl (C=O) groups is 1. The summed E-state index contributed by atoms with van der Waals surface area (Å²) in [7, 11) is 0. The van der Waals surface area contributed by atoms with E-state index < -0.39 is 17.9 Å². The zero-order valence-electron chi connectivity index (χ0n) is 9.55. The zero-order valence-corrected chi connectivity index (χ0v) is 9.55. The van der Waals surface area contributed by atoms with Crippen molar-refractivity contribution in [1.29, 1.82) is 0 Å². The number of halogens is 2. The third-order valence-corrected chi connectivity index (χ3v) is 3.01. The van der Waals surface area contributed by atoms with Crippen LogP contribution < -0.4 is 5.73 Å². The maximum atomic E-state index is 12.9. The molecule has 0 aliphatic heterocycles. The van der Waals surface area contributed by atoms with E-state index in [9.17, 15) is 13.6 Å². The highest BCUT2D eigenvalue weighted by Crippen LogP contribution is 2.37. The van der Waals surface area contributed by atoms with Gasteiger partial charge in [0, 0.05) is 12.8 Å². The fraction of sp³-hybridized carbons (Fsp3) is 0.909. The maximum Gasteiger partial charge on any atom is 0.322 e. The molecule has 0 amide bonds. The average molecular weight is 235 g/mol. The van der Waals surface area contributed by atoms with Gasteiger partial charge in [-0.05, 0) is 32.1 Å². The van der Waals surface area contributed by atoms with Crippen molar-refractivity contribution in [3.63, 3.8) is 0 Å². The molecule has 1 rings (SSSR count). The zero-order chi connectivity index (χ0) is 12.2. The Bertz CT molecular complexity index is 236. The Kier molecular flexibility index (Phi) is 4.65. The molecular weight excluding hydrogens is 216 g/mol. The van der Waals surface area contributed by atoms with Crippen LogP contribution in [-0.4, -0.2) is 24.5 Å². The third kappa shape index (κ3) is 4.04. The van der Waals surface area contributed by atoms with Gasteiger partial charge >= 0.3 is 5.97 Å². The Morgan fingerprint density at radius 3 is 2.56 bits per heavy atom. The lowest BCUT2D eigenvalue weighted by Crippen LogP contribution is -2.36. The van der Waals surface area contributed by atoms with Crippen molar-refractivity contribution < 1.29 is 18.3 Å². The molecule has 0 aromatic carbocycles. The predicted molar refractivity (Wildman–Crippen MR) is 56.1 cm³/mol. The monoisotopic (exact) mass is 235 g/mol. The van der Waals surface area contributed by atoms with Crippen LogP contribution in [0.2, 0.25) is 0 Å². The van der Waals surface area contributed by atoms with Crippen molar-refractivity contribution in [2.24, 2.45) is 11.7 Å². The normalized spacial score (nSPS) is 22.8. The first-order chi connectivity index (χ1) is 7.44. The average Bonchev–Trinajstić information content (AvgIpc) is 2.21. The summed E-state index contributed by atoms with van der Waals surface area (Å²) in [5, 5.41) is 0. The van der Waals surface area contributed by atoms with Gasteiger partial charge in [0.05, 0.1) is 6.61 Å². The smallest absolute Gasteiger partial charge is 0.322 e. The highest BCUT2D eigenvalue weighted by atomic mass is 19.3. The summed E-state index contributed by atoms with van der Waals surface area (Å²) in [6.07, 6.45) is 1.16. The van der Waals surface area contributed by atoms with E-state index in [1.54, 1.807) is 6.92 Å². The van der Waals surface area contributed by atoms with Gasteiger partial charge < -0.3 is 10.5 Å². The molecule has 1 fully saturated rings. The first-order valence-electron chi connectivity index (χ1n) is 5.74. The van der Waals surface area contributed by atoms with Crippen LogP contribution in [0.3, 0.4) is 0 Å². The van der Waals surface area contributed by atoms with Crippen molar-refractivity contribution in [3.05, 3.63) is 0 Å².